The van der Waals surface area contributed by atoms with E-state index in [1.165, 1.54) is 11.1 Å². The number of carboxylic acids is 1. The molecule has 4 rings (SSSR count). The minimum Gasteiger partial charge on any atom is -0.475 e. The number of alkyl halides is 3. The van der Waals surface area contributed by atoms with Gasteiger partial charge in [0, 0.05) is 37.4 Å². The molecule has 39 heavy (non-hydrogen) atoms. The number of aliphatic carboxylic acids is 1. The number of benzene rings is 3. The first kappa shape index (κ1) is 30.4. The van der Waals surface area contributed by atoms with Crippen LogP contribution in [0.2, 0.25) is 10.0 Å². The van der Waals surface area contributed by atoms with Crippen LogP contribution in [-0.2, 0) is 17.9 Å². The van der Waals surface area contributed by atoms with Crippen LogP contribution in [0.15, 0.2) is 72.8 Å². The van der Waals surface area contributed by atoms with E-state index in [2.05, 4.69) is 51.5 Å². The zero-order valence-electron chi connectivity index (χ0n) is 20.9. The number of nitrogens with one attached hydrogen (secondary N) is 1. The van der Waals surface area contributed by atoms with E-state index in [-0.39, 0.29) is 5.91 Å². The minimum absolute atomic E-state index is 0.202. The molecule has 208 valence electrons. The molecule has 1 heterocycles. The zero-order valence-corrected chi connectivity index (χ0v) is 22.4. The van der Waals surface area contributed by atoms with Gasteiger partial charge in [0.2, 0.25) is 0 Å². The average Bonchev–Trinajstić information content (AvgIpc) is 3.11. The standard InChI is InChI=1S/C26H27Cl2N3O.C2HF3O2/c27-24-11-10-22(17-25(24)28)26(32)29-23-9-4-8-21(16-23)19-31-13-5-12-30(14-15-31)18-20-6-2-1-3-7-20;3-2(4,5)1(6)7/h1-4,6-11,16-17H,5,12-15,18-19H2,(H,29,32);(H,6,7). The lowest BCUT2D eigenvalue weighted by molar-refractivity contribution is -0.192. The second-order valence-electron chi connectivity index (χ2n) is 8.98. The quantitative estimate of drug-likeness (QED) is 0.343. The predicted octanol–water partition coefficient (Wildman–Crippen LogP) is 6.59. The largest absolute Gasteiger partial charge is 0.490 e. The van der Waals surface area contributed by atoms with Crippen LogP contribution in [0.4, 0.5) is 18.9 Å². The number of nitrogens with zero attached hydrogens (tertiary/aromatic N) is 2. The summed E-state index contributed by atoms with van der Waals surface area (Å²) >= 11 is 12.0. The summed E-state index contributed by atoms with van der Waals surface area (Å²) < 4.78 is 31.7. The summed E-state index contributed by atoms with van der Waals surface area (Å²) in [5.74, 6) is -2.96. The number of carbonyl (C=O) groups is 2. The molecule has 0 spiro atoms. The van der Waals surface area contributed by atoms with E-state index in [0.717, 1.165) is 51.4 Å². The van der Waals surface area contributed by atoms with Crippen molar-refractivity contribution in [2.75, 3.05) is 31.5 Å². The Labute approximate surface area is 234 Å². The highest BCUT2D eigenvalue weighted by molar-refractivity contribution is 6.42. The number of anilines is 1. The van der Waals surface area contributed by atoms with Crippen LogP contribution in [0.3, 0.4) is 0 Å². The van der Waals surface area contributed by atoms with Gasteiger partial charge < -0.3 is 10.4 Å². The van der Waals surface area contributed by atoms with Crippen molar-refractivity contribution in [2.45, 2.75) is 25.7 Å². The van der Waals surface area contributed by atoms with Gasteiger partial charge in [-0.2, -0.15) is 13.2 Å². The first-order chi connectivity index (χ1) is 18.5. The Morgan fingerprint density at radius 1 is 0.795 bits per heavy atom. The van der Waals surface area contributed by atoms with Gasteiger partial charge in [0.15, 0.2) is 0 Å². The van der Waals surface area contributed by atoms with Crippen LogP contribution < -0.4 is 5.32 Å². The normalized spacial score (nSPS) is 14.6. The molecule has 0 bridgehead atoms. The van der Waals surface area contributed by atoms with Crippen LogP contribution in [0.1, 0.15) is 27.9 Å². The summed E-state index contributed by atoms with van der Waals surface area (Å²) in [6.45, 7) is 6.16. The third-order valence-electron chi connectivity index (χ3n) is 5.95. The average molecular weight is 582 g/mol. The topological polar surface area (TPSA) is 72.9 Å². The molecule has 0 unspecified atom stereocenters. The Balaban J connectivity index is 0.000000532. The highest BCUT2D eigenvalue weighted by Crippen LogP contribution is 2.23. The Morgan fingerprint density at radius 3 is 1.97 bits per heavy atom. The molecule has 1 amide bonds. The van der Waals surface area contributed by atoms with Crippen molar-refractivity contribution in [1.82, 2.24) is 9.80 Å². The molecule has 0 saturated carbocycles. The summed E-state index contributed by atoms with van der Waals surface area (Å²) in [5, 5.41) is 10.9. The lowest BCUT2D eigenvalue weighted by atomic mass is 10.1. The first-order valence-corrected chi connectivity index (χ1v) is 12.9. The van der Waals surface area contributed by atoms with E-state index in [1.54, 1.807) is 18.2 Å². The SMILES string of the molecule is O=C(Nc1cccc(CN2CCCN(Cc3ccccc3)CC2)c1)c1ccc(Cl)c(Cl)c1.O=C(O)C(F)(F)F. The van der Waals surface area contributed by atoms with E-state index >= 15 is 0 Å². The number of amides is 1. The molecule has 3 aromatic rings. The van der Waals surface area contributed by atoms with Crippen molar-refractivity contribution < 1.29 is 27.9 Å². The summed E-state index contributed by atoms with van der Waals surface area (Å²) in [7, 11) is 0. The zero-order chi connectivity index (χ0) is 28.4. The second-order valence-corrected chi connectivity index (χ2v) is 9.79. The maximum atomic E-state index is 12.6. The smallest absolute Gasteiger partial charge is 0.475 e. The predicted molar refractivity (Wildman–Crippen MR) is 146 cm³/mol. The maximum Gasteiger partial charge on any atom is 0.490 e. The lowest BCUT2D eigenvalue weighted by Gasteiger charge is -2.22. The molecule has 1 fully saturated rings. The van der Waals surface area contributed by atoms with Gasteiger partial charge in [-0.1, -0.05) is 65.7 Å². The van der Waals surface area contributed by atoms with Crippen molar-refractivity contribution in [3.05, 3.63) is 99.5 Å². The lowest BCUT2D eigenvalue weighted by Crippen LogP contribution is -2.30. The molecule has 0 aromatic heterocycles. The van der Waals surface area contributed by atoms with Gasteiger partial charge in [-0.15, -0.1) is 0 Å². The minimum atomic E-state index is -5.08. The van der Waals surface area contributed by atoms with Crippen LogP contribution in [0, 0.1) is 0 Å². The molecule has 0 atom stereocenters. The Morgan fingerprint density at radius 2 is 1.38 bits per heavy atom. The molecule has 3 aromatic carbocycles. The Bertz CT molecular complexity index is 1260. The van der Waals surface area contributed by atoms with Gasteiger partial charge in [0.1, 0.15) is 0 Å². The van der Waals surface area contributed by atoms with E-state index in [1.807, 2.05) is 18.2 Å². The van der Waals surface area contributed by atoms with Crippen LogP contribution in [0.25, 0.3) is 0 Å². The Kier molecular flexibility index (Phi) is 11.2. The van der Waals surface area contributed by atoms with Crippen molar-refractivity contribution in [1.29, 1.82) is 0 Å². The molecule has 0 aliphatic carbocycles. The summed E-state index contributed by atoms with van der Waals surface area (Å²) in [5.41, 5.74) is 3.81. The third-order valence-corrected chi connectivity index (χ3v) is 6.68. The molecule has 6 nitrogen and oxygen atoms in total. The highest BCUT2D eigenvalue weighted by atomic mass is 35.5. The van der Waals surface area contributed by atoms with E-state index in [4.69, 9.17) is 33.1 Å². The molecule has 1 saturated heterocycles. The van der Waals surface area contributed by atoms with E-state index < -0.39 is 12.1 Å². The van der Waals surface area contributed by atoms with E-state index in [9.17, 15) is 18.0 Å². The summed E-state index contributed by atoms with van der Waals surface area (Å²) in [6.07, 6.45) is -3.93. The number of hydrogen-bond acceptors (Lipinski definition) is 4. The summed E-state index contributed by atoms with van der Waals surface area (Å²) in [6, 6.07) is 23.6. The van der Waals surface area contributed by atoms with Crippen LogP contribution >= 0.6 is 23.2 Å². The van der Waals surface area contributed by atoms with Gasteiger partial charge in [-0.3, -0.25) is 14.6 Å². The number of hydrogen-bond donors (Lipinski definition) is 2. The number of rotatable bonds is 6. The van der Waals surface area contributed by atoms with Gasteiger partial charge in [-0.05, 0) is 61.0 Å². The number of carbonyl (C=O) groups excluding carboxylic acids is 1. The molecular formula is C28H28Cl2F3N3O3. The van der Waals surface area contributed by atoms with Gasteiger partial charge in [0.05, 0.1) is 10.0 Å². The van der Waals surface area contributed by atoms with Gasteiger partial charge in [-0.25, -0.2) is 4.79 Å². The Hall–Kier alpha value is -3.11. The van der Waals surface area contributed by atoms with Crippen molar-refractivity contribution >= 4 is 40.8 Å². The van der Waals surface area contributed by atoms with Crippen molar-refractivity contribution in [3.63, 3.8) is 0 Å². The van der Waals surface area contributed by atoms with Crippen molar-refractivity contribution in [2.24, 2.45) is 0 Å². The third kappa shape index (κ3) is 10.2. The van der Waals surface area contributed by atoms with Gasteiger partial charge >= 0.3 is 12.1 Å². The van der Waals surface area contributed by atoms with Crippen LogP contribution in [0.5, 0.6) is 0 Å². The molecule has 2 N–H and O–H groups in total. The van der Waals surface area contributed by atoms with E-state index in [0.29, 0.717) is 15.6 Å². The second kappa shape index (κ2) is 14.3. The highest BCUT2D eigenvalue weighted by Gasteiger charge is 2.38. The fraction of sp³-hybridized carbons (Fsp3) is 0.286. The number of carboxylic acid groups (broad SMARTS) is 1. The van der Waals surface area contributed by atoms with Gasteiger partial charge in [0.25, 0.3) is 5.91 Å². The molecule has 11 heteroatoms. The monoisotopic (exact) mass is 581 g/mol. The summed E-state index contributed by atoms with van der Waals surface area (Å²) in [4.78, 5) is 26.5. The fourth-order valence-corrected chi connectivity index (χ4v) is 4.33. The van der Waals surface area contributed by atoms with Crippen LogP contribution in [-0.4, -0.2) is 59.1 Å². The molecule has 1 aliphatic rings. The molecule has 0 radical (unpaired) electrons. The fourth-order valence-electron chi connectivity index (χ4n) is 4.03. The number of halogens is 5. The first-order valence-electron chi connectivity index (χ1n) is 12.2. The maximum absolute atomic E-state index is 12.6. The van der Waals surface area contributed by atoms with Crippen molar-refractivity contribution in [3.8, 4) is 0 Å². The molecular weight excluding hydrogens is 554 g/mol. The molecule has 1 aliphatic heterocycles.